The summed E-state index contributed by atoms with van der Waals surface area (Å²) in [7, 11) is 0. The quantitative estimate of drug-likeness (QED) is 0.719. The van der Waals surface area contributed by atoms with E-state index in [-0.39, 0.29) is 18.3 Å². The smallest absolute Gasteiger partial charge is 0.251 e. The van der Waals surface area contributed by atoms with Gasteiger partial charge in [0.05, 0.1) is 0 Å². The van der Waals surface area contributed by atoms with Gasteiger partial charge in [0, 0.05) is 33.3 Å². The summed E-state index contributed by atoms with van der Waals surface area (Å²) < 4.78 is 0. The molecule has 0 aliphatic heterocycles. The highest BCUT2D eigenvalue weighted by molar-refractivity contribution is 7.98. The van der Waals surface area contributed by atoms with Gasteiger partial charge in [-0.25, -0.2) is 0 Å². The van der Waals surface area contributed by atoms with Crippen molar-refractivity contribution in [3.63, 3.8) is 0 Å². The van der Waals surface area contributed by atoms with E-state index in [1.807, 2.05) is 62.4 Å². The van der Waals surface area contributed by atoms with E-state index >= 15 is 0 Å². The molecule has 0 saturated heterocycles. The number of thioether (sulfide) groups is 1. The van der Waals surface area contributed by atoms with Gasteiger partial charge in [0.25, 0.3) is 5.91 Å². The molecule has 3 N–H and O–H groups in total. The van der Waals surface area contributed by atoms with Crippen LogP contribution in [-0.2, 0) is 5.75 Å². The average Bonchev–Trinajstić information content (AvgIpc) is 2.54. The van der Waals surface area contributed by atoms with E-state index in [4.69, 9.17) is 17.3 Å². The normalized spacial score (nSPS) is 10.8. The Bertz CT molecular complexity index is 658. The number of hydrogen-bond donors (Lipinski definition) is 2. The van der Waals surface area contributed by atoms with Crippen molar-refractivity contribution >= 4 is 41.7 Å². The molecule has 0 heterocycles. The van der Waals surface area contributed by atoms with E-state index in [2.05, 4.69) is 5.32 Å². The molecule has 0 saturated carbocycles. The Morgan fingerprint density at radius 3 is 2.25 bits per heavy atom. The van der Waals surface area contributed by atoms with E-state index < -0.39 is 5.54 Å². The molecule has 0 atom stereocenters. The largest absolute Gasteiger partial charge is 0.346 e. The van der Waals surface area contributed by atoms with Gasteiger partial charge >= 0.3 is 0 Å². The van der Waals surface area contributed by atoms with Crippen LogP contribution in [0.5, 0.6) is 0 Å². The Morgan fingerprint density at radius 2 is 1.71 bits per heavy atom. The van der Waals surface area contributed by atoms with Crippen molar-refractivity contribution in [1.29, 1.82) is 0 Å². The fourth-order valence-electron chi connectivity index (χ4n) is 1.88. The molecule has 6 heteroatoms. The minimum absolute atomic E-state index is 0. The van der Waals surface area contributed by atoms with Gasteiger partial charge in [-0.2, -0.15) is 0 Å². The van der Waals surface area contributed by atoms with Crippen molar-refractivity contribution in [3.05, 3.63) is 64.7 Å². The molecular weight excluding hydrogens is 363 g/mol. The summed E-state index contributed by atoms with van der Waals surface area (Å²) in [5.41, 5.74) is 7.04. The van der Waals surface area contributed by atoms with E-state index in [0.717, 1.165) is 10.8 Å². The Kier molecular flexibility index (Phi) is 8.10. The molecule has 130 valence electrons. The van der Waals surface area contributed by atoms with Crippen LogP contribution in [0.3, 0.4) is 0 Å². The Hall–Kier alpha value is -1.20. The fraction of sp³-hybridized carbons (Fsp3) is 0.278. The highest BCUT2D eigenvalue weighted by Gasteiger charge is 2.18. The van der Waals surface area contributed by atoms with Crippen LogP contribution in [0.4, 0.5) is 0 Å². The highest BCUT2D eigenvalue weighted by Crippen LogP contribution is 2.24. The first-order chi connectivity index (χ1) is 10.9. The molecule has 24 heavy (non-hydrogen) atoms. The zero-order valence-corrected chi connectivity index (χ0v) is 16.1. The summed E-state index contributed by atoms with van der Waals surface area (Å²) in [6, 6.07) is 15.4. The molecule has 0 radical (unpaired) electrons. The SMILES string of the molecule is CC(C)(CN)NC(=O)c1ccc(CSc2ccc(Cl)cc2)cc1.Cl. The van der Waals surface area contributed by atoms with Gasteiger partial charge < -0.3 is 11.1 Å². The first-order valence-corrected chi connectivity index (χ1v) is 8.76. The Labute approximate surface area is 158 Å². The van der Waals surface area contributed by atoms with Crippen LogP contribution >= 0.6 is 35.8 Å². The van der Waals surface area contributed by atoms with E-state index in [1.54, 1.807) is 11.8 Å². The topological polar surface area (TPSA) is 55.1 Å². The number of nitrogens with two attached hydrogens (primary N) is 1. The lowest BCUT2D eigenvalue weighted by atomic mass is 10.0. The lowest BCUT2D eigenvalue weighted by Crippen LogP contribution is -2.48. The minimum atomic E-state index is -0.403. The molecule has 0 aromatic heterocycles. The maximum atomic E-state index is 12.2. The molecule has 1 amide bonds. The van der Waals surface area contributed by atoms with Gasteiger partial charge in [-0.05, 0) is 55.8 Å². The van der Waals surface area contributed by atoms with Crippen LogP contribution in [0.15, 0.2) is 53.4 Å². The number of amides is 1. The summed E-state index contributed by atoms with van der Waals surface area (Å²) in [6.07, 6.45) is 0. The predicted octanol–water partition coefficient (Wildman–Crippen LogP) is 4.52. The average molecular weight is 385 g/mol. The number of hydrogen-bond acceptors (Lipinski definition) is 3. The second-order valence-corrected chi connectivity index (χ2v) is 7.47. The molecule has 0 fully saturated rings. The van der Waals surface area contributed by atoms with E-state index in [0.29, 0.717) is 12.1 Å². The van der Waals surface area contributed by atoms with Crippen LogP contribution in [0.1, 0.15) is 29.8 Å². The molecule has 0 bridgehead atoms. The lowest BCUT2D eigenvalue weighted by molar-refractivity contribution is 0.0915. The maximum Gasteiger partial charge on any atom is 0.251 e. The number of carbonyl (C=O) groups excluding carboxylic acids is 1. The molecule has 2 rings (SSSR count). The molecular formula is C18H22Cl2N2OS. The van der Waals surface area contributed by atoms with Crippen molar-refractivity contribution in [1.82, 2.24) is 5.32 Å². The zero-order valence-electron chi connectivity index (χ0n) is 13.7. The number of benzene rings is 2. The minimum Gasteiger partial charge on any atom is -0.346 e. The van der Waals surface area contributed by atoms with Gasteiger partial charge in [0.15, 0.2) is 0 Å². The second kappa shape index (κ2) is 9.33. The highest BCUT2D eigenvalue weighted by atomic mass is 35.5. The third-order valence-corrected chi connectivity index (χ3v) is 4.73. The van der Waals surface area contributed by atoms with Crippen molar-refractivity contribution in [2.24, 2.45) is 5.73 Å². The molecule has 2 aromatic rings. The molecule has 0 aliphatic carbocycles. The second-order valence-electron chi connectivity index (χ2n) is 5.98. The summed E-state index contributed by atoms with van der Waals surface area (Å²) in [5, 5.41) is 3.66. The van der Waals surface area contributed by atoms with Gasteiger partial charge in [-0.3, -0.25) is 4.79 Å². The van der Waals surface area contributed by atoms with Gasteiger partial charge in [0.2, 0.25) is 0 Å². The van der Waals surface area contributed by atoms with Crippen LogP contribution < -0.4 is 11.1 Å². The fourth-order valence-corrected chi connectivity index (χ4v) is 2.86. The van der Waals surface area contributed by atoms with Crippen molar-refractivity contribution < 1.29 is 4.79 Å². The summed E-state index contributed by atoms with van der Waals surface area (Å²) in [5.74, 6) is 0.745. The van der Waals surface area contributed by atoms with E-state index in [1.165, 1.54) is 10.5 Å². The van der Waals surface area contributed by atoms with Crippen LogP contribution in [0.2, 0.25) is 5.02 Å². The molecule has 0 aliphatic rings. The van der Waals surface area contributed by atoms with Gasteiger partial charge in [-0.15, -0.1) is 24.2 Å². The molecule has 3 nitrogen and oxygen atoms in total. The number of carbonyl (C=O) groups is 1. The van der Waals surface area contributed by atoms with Crippen molar-refractivity contribution in [2.75, 3.05) is 6.54 Å². The standard InChI is InChI=1S/C18H21ClN2OS.ClH/c1-18(2,12-20)21-17(22)14-5-3-13(4-6-14)11-23-16-9-7-15(19)8-10-16;/h3-10H,11-12,20H2,1-2H3,(H,21,22);1H. The van der Waals surface area contributed by atoms with Crippen molar-refractivity contribution in [3.8, 4) is 0 Å². The Morgan fingerprint density at radius 1 is 1.12 bits per heavy atom. The first-order valence-electron chi connectivity index (χ1n) is 7.39. The van der Waals surface area contributed by atoms with Gasteiger partial charge in [-0.1, -0.05) is 23.7 Å². The number of halogens is 2. The maximum absolute atomic E-state index is 12.2. The number of rotatable bonds is 6. The molecule has 2 aromatic carbocycles. The van der Waals surface area contributed by atoms with Gasteiger partial charge in [0.1, 0.15) is 0 Å². The number of nitrogens with one attached hydrogen (secondary N) is 1. The third kappa shape index (κ3) is 6.36. The summed E-state index contributed by atoms with van der Waals surface area (Å²) in [4.78, 5) is 13.3. The van der Waals surface area contributed by atoms with Crippen LogP contribution in [-0.4, -0.2) is 18.0 Å². The monoisotopic (exact) mass is 384 g/mol. The third-order valence-electron chi connectivity index (χ3n) is 3.40. The molecule has 0 unspecified atom stereocenters. The Balaban J connectivity index is 0.00000288. The molecule has 0 spiro atoms. The van der Waals surface area contributed by atoms with Crippen molar-refractivity contribution in [2.45, 2.75) is 30.0 Å². The van der Waals surface area contributed by atoms with E-state index in [9.17, 15) is 4.79 Å². The summed E-state index contributed by atoms with van der Waals surface area (Å²) >= 11 is 7.61. The van der Waals surface area contributed by atoms with Crippen LogP contribution in [0.25, 0.3) is 0 Å². The predicted molar refractivity (Wildman–Crippen MR) is 105 cm³/mol. The first kappa shape index (κ1) is 20.8. The summed E-state index contributed by atoms with van der Waals surface area (Å²) in [6.45, 7) is 4.21. The van der Waals surface area contributed by atoms with Crippen LogP contribution in [0, 0.1) is 0 Å². The lowest BCUT2D eigenvalue weighted by Gasteiger charge is -2.24. The zero-order chi connectivity index (χ0) is 16.9.